The number of hydrogen-bond acceptors (Lipinski definition) is 5. The van der Waals surface area contributed by atoms with E-state index in [1.165, 1.54) is 13.0 Å². The van der Waals surface area contributed by atoms with Crippen LogP contribution in [0.3, 0.4) is 0 Å². The van der Waals surface area contributed by atoms with Crippen molar-refractivity contribution in [1.29, 1.82) is 5.26 Å². The Morgan fingerprint density at radius 1 is 1.12 bits per heavy atom. The van der Waals surface area contributed by atoms with Crippen molar-refractivity contribution in [3.05, 3.63) is 64.7 Å². The molecule has 24 heavy (non-hydrogen) atoms. The van der Waals surface area contributed by atoms with Crippen LogP contribution in [0.2, 0.25) is 0 Å². The van der Waals surface area contributed by atoms with Crippen LogP contribution in [0, 0.1) is 11.3 Å². The lowest BCUT2D eigenvalue weighted by Gasteiger charge is -2.11. The van der Waals surface area contributed by atoms with Gasteiger partial charge in [0.15, 0.2) is 5.78 Å². The van der Waals surface area contributed by atoms with Crippen molar-refractivity contribution < 1.29 is 19.1 Å². The van der Waals surface area contributed by atoms with Gasteiger partial charge in [-0.3, -0.25) is 4.79 Å². The lowest BCUT2D eigenvalue weighted by molar-refractivity contribution is 0.0522. The number of carbonyl (C=O) groups is 2. The second-order valence-electron chi connectivity index (χ2n) is 5.04. The highest BCUT2D eigenvalue weighted by atomic mass is 16.5. The lowest BCUT2D eigenvalue weighted by Crippen LogP contribution is -2.11. The first kappa shape index (κ1) is 17.2. The van der Waals surface area contributed by atoms with Crippen LogP contribution < -0.4 is 4.74 Å². The molecule has 0 saturated heterocycles. The molecule has 0 aliphatic carbocycles. The van der Waals surface area contributed by atoms with E-state index in [1.54, 1.807) is 37.3 Å². The standard InChI is InChI=1S/C19H17NO4/c1-3-23-19(22)18-10-16(8-9-17(18)13(2)21)24-12-15-7-5-4-6-14(15)11-20/h4-10H,3,12H2,1-2H3. The molecule has 0 saturated carbocycles. The number of benzene rings is 2. The Kier molecular flexibility index (Phi) is 5.69. The summed E-state index contributed by atoms with van der Waals surface area (Å²) in [5.41, 5.74) is 1.74. The van der Waals surface area contributed by atoms with Crippen LogP contribution in [0.15, 0.2) is 42.5 Å². The predicted octanol–water partition coefficient (Wildman–Crippen LogP) is 3.52. The molecule has 0 spiro atoms. The van der Waals surface area contributed by atoms with Gasteiger partial charge in [-0.2, -0.15) is 5.26 Å². The fourth-order valence-corrected chi connectivity index (χ4v) is 2.21. The SMILES string of the molecule is CCOC(=O)c1cc(OCc2ccccc2C#N)ccc1C(C)=O. The summed E-state index contributed by atoms with van der Waals surface area (Å²) in [5, 5.41) is 9.08. The van der Waals surface area contributed by atoms with Gasteiger partial charge in [-0.1, -0.05) is 18.2 Å². The molecule has 0 unspecified atom stereocenters. The summed E-state index contributed by atoms with van der Waals surface area (Å²) >= 11 is 0. The summed E-state index contributed by atoms with van der Waals surface area (Å²) in [5.74, 6) is -0.360. The van der Waals surface area contributed by atoms with Crippen LogP contribution >= 0.6 is 0 Å². The van der Waals surface area contributed by atoms with E-state index >= 15 is 0 Å². The van der Waals surface area contributed by atoms with Gasteiger partial charge >= 0.3 is 5.97 Å². The highest BCUT2D eigenvalue weighted by Crippen LogP contribution is 2.21. The minimum absolute atomic E-state index is 0.176. The van der Waals surface area contributed by atoms with Gasteiger partial charge in [-0.25, -0.2) is 4.79 Å². The summed E-state index contributed by atoms with van der Waals surface area (Å²) < 4.78 is 10.7. The molecule has 0 aliphatic rings. The maximum absolute atomic E-state index is 12.0. The Balaban J connectivity index is 2.25. The zero-order valence-corrected chi connectivity index (χ0v) is 13.5. The van der Waals surface area contributed by atoms with Crippen LogP contribution in [0.25, 0.3) is 0 Å². The van der Waals surface area contributed by atoms with Crippen molar-refractivity contribution in [2.45, 2.75) is 20.5 Å². The molecule has 0 heterocycles. The van der Waals surface area contributed by atoms with Gasteiger partial charge in [0, 0.05) is 11.1 Å². The minimum atomic E-state index is -0.564. The number of nitriles is 1. The number of esters is 1. The molecule has 2 aromatic rings. The number of ketones is 1. The Morgan fingerprint density at radius 2 is 1.88 bits per heavy atom. The molecule has 5 nitrogen and oxygen atoms in total. The molecule has 122 valence electrons. The molecular formula is C19H17NO4. The van der Waals surface area contributed by atoms with Crippen LogP contribution in [0.4, 0.5) is 0 Å². The monoisotopic (exact) mass is 323 g/mol. The summed E-state index contributed by atoms with van der Waals surface area (Å²) in [6, 6.07) is 13.9. The van der Waals surface area contributed by atoms with Gasteiger partial charge < -0.3 is 9.47 Å². The normalized spacial score (nSPS) is 9.88. The van der Waals surface area contributed by atoms with Gasteiger partial charge in [-0.15, -0.1) is 0 Å². The number of hydrogen-bond donors (Lipinski definition) is 0. The van der Waals surface area contributed by atoms with E-state index < -0.39 is 5.97 Å². The molecule has 0 radical (unpaired) electrons. The molecular weight excluding hydrogens is 306 g/mol. The topological polar surface area (TPSA) is 76.4 Å². The fraction of sp³-hybridized carbons (Fsp3) is 0.211. The van der Waals surface area contributed by atoms with Crippen LogP contribution in [-0.2, 0) is 11.3 Å². The van der Waals surface area contributed by atoms with Crippen LogP contribution in [-0.4, -0.2) is 18.4 Å². The van der Waals surface area contributed by atoms with Crippen LogP contribution in [0.5, 0.6) is 5.75 Å². The lowest BCUT2D eigenvalue weighted by atomic mass is 10.0. The second kappa shape index (κ2) is 7.93. The fourth-order valence-electron chi connectivity index (χ4n) is 2.21. The predicted molar refractivity (Wildman–Crippen MR) is 87.9 cm³/mol. The van der Waals surface area contributed by atoms with E-state index in [-0.39, 0.29) is 24.6 Å². The molecule has 5 heteroatoms. The van der Waals surface area contributed by atoms with Gasteiger partial charge in [0.1, 0.15) is 12.4 Å². The van der Waals surface area contributed by atoms with Crippen molar-refractivity contribution in [3.63, 3.8) is 0 Å². The molecule has 0 fully saturated rings. The van der Waals surface area contributed by atoms with Crippen molar-refractivity contribution in [1.82, 2.24) is 0 Å². The maximum Gasteiger partial charge on any atom is 0.338 e. The Morgan fingerprint density at radius 3 is 2.54 bits per heavy atom. The number of ether oxygens (including phenoxy) is 2. The summed E-state index contributed by atoms with van der Waals surface area (Å²) in [7, 11) is 0. The molecule has 0 aromatic heterocycles. The summed E-state index contributed by atoms with van der Waals surface area (Å²) in [6.07, 6.45) is 0. The molecule has 0 N–H and O–H groups in total. The van der Waals surface area contributed by atoms with Crippen molar-refractivity contribution >= 4 is 11.8 Å². The Bertz CT molecular complexity index is 805. The van der Waals surface area contributed by atoms with E-state index in [0.29, 0.717) is 16.9 Å². The van der Waals surface area contributed by atoms with Crippen molar-refractivity contribution in [2.24, 2.45) is 0 Å². The smallest absolute Gasteiger partial charge is 0.338 e. The third-order valence-electron chi connectivity index (χ3n) is 3.40. The van der Waals surface area contributed by atoms with E-state index in [2.05, 4.69) is 6.07 Å². The van der Waals surface area contributed by atoms with Crippen LogP contribution in [0.1, 0.15) is 45.7 Å². The number of nitrogens with zero attached hydrogens (tertiary/aromatic N) is 1. The first-order valence-electron chi connectivity index (χ1n) is 7.49. The highest BCUT2D eigenvalue weighted by molar-refractivity contribution is 6.05. The summed E-state index contributed by atoms with van der Waals surface area (Å²) in [6.45, 7) is 3.49. The Labute approximate surface area is 140 Å². The van der Waals surface area contributed by atoms with Gasteiger partial charge in [-0.05, 0) is 38.1 Å². The number of rotatable bonds is 6. The average molecular weight is 323 g/mol. The van der Waals surface area contributed by atoms with Gasteiger partial charge in [0.25, 0.3) is 0 Å². The largest absolute Gasteiger partial charge is 0.489 e. The van der Waals surface area contributed by atoms with E-state index in [1.807, 2.05) is 6.07 Å². The molecule has 0 atom stereocenters. The molecule has 0 bridgehead atoms. The summed E-state index contributed by atoms with van der Waals surface area (Å²) in [4.78, 5) is 23.7. The number of Topliss-reactive ketones (excluding diaryl/α,β-unsaturated/α-hetero) is 1. The average Bonchev–Trinajstić information content (AvgIpc) is 2.60. The van der Waals surface area contributed by atoms with Gasteiger partial charge in [0.2, 0.25) is 0 Å². The molecule has 2 rings (SSSR count). The maximum atomic E-state index is 12.0. The Hall–Kier alpha value is -3.13. The molecule has 2 aromatic carbocycles. The van der Waals surface area contributed by atoms with E-state index in [4.69, 9.17) is 14.7 Å². The first-order chi connectivity index (χ1) is 11.6. The zero-order valence-electron chi connectivity index (χ0n) is 13.5. The van der Waals surface area contributed by atoms with E-state index in [9.17, 15) is 9.59 Å². The highest BCUT2D eigenvalue weighted by Gasteiger charge is 2.17. The van der Waals surface area contributed by atoms with Gasteiger partial charge in [0.05, 0.1) is 23.8 Å². The quantitative estimate of drug-likeness (QED) is 0.600. The first-order valence-corrected chi connectivity index (χ1v) is 7.49. The molecule has 0 aliphatic heterocycles. The zero-order chi connectivity index (χ0) is 17.5. The number of carbonyl (C=O) groups excluding carboxylic acids is 2. The van der Waals surface area contributed by atoms with Crippen molar-refractivity contribution in [2.75, 3.05) is 6.61 Å². The third kappa shape index (κ3) is 3.99. The van der Waals surface area contributed by atoms with E-state index in [0.717, 1.165) is 5.56 Å². The molecule has 0 amide bonds. The third-order valence-corrected chi connectivity index (χ3v) is 3.40. The minimum Gasteiger partial charge on any atom is -0.489 e. The van der Waals surface area contributed by atoms with Crippen molar-refractivity contribution in [3.8, 4) is 11.8 Å². The second-order valence-corrected chi connectivity index (χ2v) is 5.04.